The molecular weight excluding hydrogens is 277 g/mol. The van der Waals surface area contributed by atoms with Crippen molar-refractivity contribution in [2.24, 2.45) is 11.7 Å². The van der Waals surface area contributed by atoms with E-state index in [4.69, 9.17) is 5.73 Å². The van der Waals surface area contributed by atoms with Crippen LogP contribution in [0.4, 0.5) is 0 Å². The number of hydrogen-bond acceptors (Lipinski definition) is 3. The van der Waals surface area contributed by atoms with Crippen LogP contribution in [0.3, 0.4) is 0 Å². The first-order valence-electron chi connectivity index (χ1n) is 7.74. The van der Waals surface area contributed by atoms with Crippen molar-refractivity contribution < 1.29 is 19.5 Å². The lowest BCUT2D eigenvalue weighted by Crippen LogP contribution is -2.43. The van der Waals surface area contributed by atoms with E-state index in [1.54, 1.807) is 13.8 Å². The molecule has 2 unspecified atom stereocenters. The largest absolute Gasteiger partial charge is 0.393 e. The third kappa shape index (κ3) is 4.81. The van der Waals surface area contributed by atoms with Crippen LogP contribution >= 0.6 is 7.60 Å². The van der Waals surface area contributed by atoms with Crippen molar-refractivity contribution >= 4 is 7.60 Å². The third-order valence-corrected chi connectivity index (χ3v) is 6.66. The second kappa shape index (κ2) is 9.16. The van der Waals surface area contributed by atoms with Gasteiger partial charge in [0.15, 0.2) is 0 Å². The van der Waals surface area contributed by atoms with Gasteiger partial charge in [-0.1, -0.05) is 33.6 Å². The topological polar surface area (TPSA) is 104 Å². The maximum Gasteiger partial charge on any atom is 0.331 e. The Kier molecular flexibility index (Phi) is 9.19. The molecule has 6 heteroatoms. The van der Waals surface area contributed by atoms with Crippen LogP contribution in [0, 0.1) is 5.92 Å². The van der Waals surface area contributed by atoms with E-state index in [1.807, 2.05) is 6.92 Å². The molecule has 0 aromatic rings. The van der Waals surface area contributed by atoms with E-state index in [0.717, 1.165) is 12.8 Å². The Bertz CT molecular complexity index is 302. The van der Waals surface area contributed by atoms with Crippen LogP contribution < -0.4 is 5.73 Å². The van der Waals surface area contributed by atoms with Crippen molar-refractivity contribution in [2.75, 3.05) is 6.54 Å². The fraction of sp³-hybridized carbons (Fsp3) is 1.00. The van der Waals surface area contributed by atoms with Crippen molar-refractivity contribution in [1.82, 2.24) is 0 Å². The molecule has 2 atom stereocenters. The molecule has 0 saturated carbocycles. The van der Waals surface area contributed by atoms with Crippen LogP contribution in [0.1, 0.15) is 65.7 Å². The highest BCUT2D eigenvalue weighted by molar-refractivity contribution is 7.53. The number of rotatable bonds is 11. The monoisotopic (exact) mass is 309 g/mol. The number of hydrogen-bond donors (Lipinski definition) is 4. The van der Waals surface area contributed by atoms with Gasteiger partial charge in [-0.2, -0.15) is 0 Å². The van der Waals surface area contributed by atoms with Gasteiger partial charge in [-0.3, -0.25) is 4.57 Å². The molecule has 0 aromatic heterocycles. The molecule has 5 nitrogen and oxygen atoms in total. The Hall–Kier alpha value is 0.0700. The minimum atomic E-state index is -4.28. The molecule has 0 rings (SSSR count). The molecule has 0 aliphatic rings. The number of aliphatic hydroxyl groups excluding tert-OH is 1. The number of unbranched alkanes of at least 4 members (excludes halogenated alkanes) is 1. The molecular formula is C14H32NO4P. The minimum Gasteiger partial charge on any atom is -0.393 e. The van der Waals surface area contributed by atoms with E-state index in [2.05, 4.69) is 0 Å². The van der Waals surface area contributed by atoms with Crippen LogP contribution in [0.5, 0.6) is 0 Å². The Labute approximate surface area is 123 Å². The summed E-state index contributed by atoms with van der Waals surface area (Å²) in [4.78, 5) is 19.7. The molecule has 0 bridgehead atoms. The van der Waals surface area contributed by atoms with Crippen LogP contribution in [-0.4, -0.2) is 32.7 Å². The fourth-order valence-corrected chi connectivity index (χ4v) is 4.73. The predicted molar refractivity (Wildman–Crippen MR) is 82.7 cm³/mol. The summed E-state index contributed by atoms with van der Waals surface area (Å²) in [6, 6.07) is 0. The SMILES string of the molecule is CCCCC(C(O)CCCN)C(CC)(CC)P(=O)(O)O. The quantitative estimate of drug-likeness (QED) is 0.439. The van der Waals surface area contributed by atoms with Crippen molar-refractivity contribution in [2.45, 2.75) is 77.0 Å². The summed E-state index contributed by atoms with van der Waals surface area (Å²) in [5, 5.41) is 9.31. The molecule has 0 aliphatic carbocycles. The van der Waals surface area contributed by atoms with Crippen LogP contribution in [-0.2, 0) is 4.57 Å². The van der Waals surface area contributed by atoms with Crippen molar-refractivity contribution in [1.29, 1.82) is 0 Å². The van der Waals surface area contributed by atoms with E-state index >= 15 is 0 Å². The smallest absolute Gasteiger partial charge is 0.331 e. The lowest BCUT2D eigenvalue weighted by atomic mass is 9.78. The number of aliphatic hydroxyl groups is 1. The van der Waals surface area contributed by atoms with Gasteiger partial charge in [0.1, 0.15) is 0 Å². The van der Waals surface area contributed by atoms with E-state index in [-0.39, 0.29) is 5.92 Å². The zero-order valence-corrected chi connectivity index (χ0v) is 14.0. The average Bonchev–Trinajstić information content (AvgIpc) is 2.39. The van der Waals surface area contributed by atoms with Crippen LogP contribution in [0.2, 0.25) is 0 Å². The Balaban J connectivity index is 5.36. The first-order valence-corrected chi connectivity index (χ1v) is 9.35. The maximum absolute atomic E-state index is 12.1. The summed E-state index contributed by atoms with van der Waals surface area (Å²) >= 11 is 0. The Morgan fingerprint density at radius 2 is 1.65 bits per heavy atom. The lowest BCUT2D eigenvalue weighted by molar-refractivity contribution is 0.0546. The van der Waals surface area contributed by atoms with Gasteiger partial charge in [0.25, 0.3) is 0 Å². The number of nitrogens with two attached hydrogens (primary N) is 1. The fourth-order valence-electron chi connectivity index (χ4n) is 3.17. The first kappa shape index (κ1) is 20.1. The van der Waals surface area contributed by atoms with E-state index in [0.29, 0.717) is 38.6 Å². The molecule has 0 spiro atoms. The Morgan fingerprint density at radius 3 is 2.00 bits per heavy atom. The van der Waals surface area contributed by atoms with E-state index < -0.39 is 18.9 Å². The minimum absolute atomic E-state index is 0.371. The molecule has 122 valence electrons. The summed E-state index contributed by atoms with van der Waals surface area (Å²) in [5.74, 6) is -0.371. The molecule has 0 amide bonds. The molecule has 0 heterocycles. The molecule has 0 fully saturated rings. The van der Waals surface area contributed by atoms with Gasteiger partial charge in [0.2, 0.25) is 0 Å². The van der Waals surface area contributed by atoms with Gasteiger partial charge in [-0.05, 0) is 38.6 Å². The highest BCUT2D eigenvalue weighted by Crippen LogP contribution is 2.60. The lowest BCUT2D eigenvalue weighted by Gasteiger charge is -2.42. The summed E-state index contributed by atoms with van der Waals surface area (Å²) < 4.78 is 12.1. The van der Waals surface area contributed by atoms with Crippen molar-refractivity contribution in [3.63, 3.8) is 0 Å². The van der Waals surface area contributed by atoms with Gasteiger partial charge in [-0.15, -0.1) is 0 Å². The van der Waals surface area contributed by atoms with Gasteiger partial charge in [-0.25, -0.2) is 0 Å². The Morgan fingerprint density at radius 1 is 1.10 bits per heavy atom. The summed E-state index contributed by atoms with van der Waals surface area (Å²) in [7, 11) is -4.28. The van der Waals surface area contributed by atoms with Gasteiger partial charge in [0.05, 0.1) is 11.3 Å². The molecule has 0 aromatic carbocycles. The summed E-state index contributed by atoms with van der Waals surface area (Å²) in [5.41, 5.74) is 5.47. The summed E-state index contributed by atoms with van der Waals surface area (Å²) in [6.07, 6.45) is 3.70. The van der Waals surface area contributed by atoms with Crippen LogP contribution in [0.25, 0.3) is 0 Å². The van der Waals surface area contributed by atoms with Gasteiger partial charge >= 0.3 is 7.60 Å². The summed E-state index contributed by atoms with van der Waals surface area (Å²) in [6.45, 7) is 6.13. The molecule has 0 radical (unpaired) electrons. The van der Waals surface area contributed by atoms with Crippen LogP contribution in [0.15, 0.2) is 0 Å². The molecule has 20 heavy (non-hydrogen) atoms. The normalized spacial score (nSPS) is 16.1. The third-order valence-electron chi connectivity index (χ3n) is 4.53. The van der Waals surface area contributed by atoms with E-state index in [1.165, 1.54) is 0 Å². The second-order valence-corrected chi connectivity index (χ2v) is 7.58. The standard InChI is InChI=1S/C14H32NO4P/c1-4-7-9-12(13(16)10-8-11-15)14(5-2,6-3)20(17,18)19/h12-13,16H,4-11,15H2,1-3H3,(H2,17,18,19). The van der Waals surface area contributed by atoms with E-state index in [9.17, 15) is 19.5 Å². The predicted octanol–water partition coefficient (Wildman–Crippen LogP) is 2.63. The van der Waals surface area contributed by atoms with Crippen molar-refractivity contribution in [3.05, 3.63) is 0 Å². The van der Waals surface area contributed by atoms with Gasteiger partial charge < -0.3 is 20.6 Å². The highest BCUT2D eigenvalue weighted by Gasteiger charge is 2.51. The maximum atomic E-state index is 12.1. The first-order chi connectivity index (χ1) is 9.30. The average molecular weight is 309 g/mol. The highest BCUT2D eigenvalue weighted by atomic mass is 31.2. The van der Waals surface area contributed by atoms with Crippen molar-refractivity contribution in [3.8, 4) is 0 Å². The zero-order chi connectivity index (χ0) is 15.8. The molecule has 5 N–H and O–H groups in total. The second-order valence-electron chi connectivity index (χ2n) is 5.60. The zero-order valence-electron chi connectivity index (χ0n) is 13.1. The van der Waals surface area contributed by atoms with Gasteiger partial charge in [0, 0.05) is 5.92 Å². The molecule has 0 aliphatic heterocycles. The molecule has 0 saturated heterocycles.